The van der Waals surface area contributed by atoms with Crippen LogP contribution in [0.3, 0.4) is 0 Å². The smallest absolute Gasteiger partial charge is 0.317 e. The molecule has 0 radical (unpaired) electrons. The molecule has 4 rings (SSSR count). The predicted octanol–water partition coefficient (Wildman–Crippen LogP) is 3.92. The lowest BCUT2D eigenvalue weighted by Crippen LogP contribution is -2.51. The van der Waals surface area contributed by atoms with Crippen molar-refractivity contribution < 1.29 is 4.79 Å². The molecule has 0 atom stereocenters. The number of urea groups is 1. The van der Waals surface area contributed by atoms with E-state index in [0.717, 1.165) is 35.2 Å². The largest absolute Gasteiger partial charge is 0.367 e. The Morgan fingerprint density at radius 2 is 1.81 bits per heavy atom. The van der Waals surface area contributed by atoms with Gasteiger partial charge in [0.15, 0.2) is 0 Å². The number of piperazine rings is 1. The highest BCUT2D eigenvalue weighted by molar-refractivity contribution is 6.31. The van der Waals surface area contributed by atoms with E-state index in [1.54, 1.807) is 0 Å². The van der Waals surface area contributed by atoms with E-state index in [1.807, 2.05) is 65.7 Å². The fourth-order valence-corrected chi connectivity index (χ4v) is 3.58. The third kappa shape index (κ3) is 3.98. The highest BCUT2D eigenvalue weighted by atomic mass is 35.5. The molecule has 0 unspecified atom stereocenters. The number of rotatable bonds is 3. The van der Waals surface area contributed by atoms with Gasteiger partial charge in [-0.2, -0.15) is 0 Å². The van der Waals surface area contributed by atoms with Gasteiger partial charge in [0.1, 0.15) is 0 Å². The third-order valence-corrected chi connectivity index (χ3v) is 5.11. The summed E-state index contributed by atoms with van der Waals surface area (Å²) in [4.78, 5) is 21.0. The van der Waals surface area contributed by atoms with Crippen LogP contribution < -0.4 is 10.2 Å². The van der Waals surface area contributed by atoms with E-state index in [1.165, 1.54) is 0 Å². The lowest BCUT2D eigenvalue weighted by atomic mass is 10.1. The Morgan fingerprint density at radius 1 is 1.04 bits per heavy atom. The normalized spacial score (nSPS) is 14.4. The topological polar surface area (TPSA) is 48.5 Å². The Balaban J connectivity index is 1.38. The van der Waals surface area contributed by atoms with Crippen LogP contribution in [0.2, 0.25) is 5.02 Å². The van der Waals surface area contributed by atoms with Gasteiger partial charge in [0.25, 0.3) is 0 Å². The van der Waals surface area contributed by atoms with Crippen molar-refractivity contribution in [1.82, 2.24) is 15.2 Å². The number of carbonyl (C=O) groups excluding carboxylic acids is 1. The standard InChI is InChI=1S/C21H21ClN4O/c22-17-6-7-18-19(14-17)23-9-8-20(18)25-10-12-26(13-11-25)21(27)24-15-16-4-2-1-3-5-16/h1-9,14H,10-13,15H2,(H,24,27). The highest BCUT2D eigenvalue weighted by Crippen LogP contribution is 2.28. The van der Waals surface area contributed by atoms with Crippen molar-refractivity contribution in [3.05, 3.63) is 71.4 Å². The first kappa shape index (κ1) is 17.6. The fraction of sp³-hybridized carbons (Fsp3) is 0.238. The van der Waals surface area contributed by atoms with Crippen molar-refractivity contribution >= 4 is 34.2 Å². The molecule has 3 aromatic rings. The summed E-state index contributed by atoms with van der Waals surface area (Å²) in [5.41, 5.74) is 3.13. The zero-order valence-electron chi connectivity index (χ0n) is 14.9. The highest BCUT2D eigenvalue weighted by Gasteiger charge is 2.22. The van der Waals surface area contributed by atoms with E-state index >= 15 is 0 Å². The number of carbonyl (C=O) groups is 1. The van der Waals surface area contributed by atoms with E-state index in [0.29, 0.717) is 24.7 Å². The summed E-state index contributed by atoms with van der Waals surface area (Å²) in [5, 5.41) is 4.78. The molecule has 2 heterocycles. The number of amides is 2. The van der Waals surface area contributed by atoms with Crippen LogP contribution in [-0.4, -0.2) is 42.1 Å². The molecule has 1 aliphatic heterocycles. The number of fused-ring (bicyclic) bond motifs is 1. The van der Waals surface area contributed by atoms with E-state index in [4.69, 9.17) is 11.6 Å². The molecular formula is C21H21ClN4O. The Morgan fingerprint density at radius 3 is 2.59 bits per heavy atom. The molecule has 6 heteroatoms. The number of benzene rings is 2. The maximum Gasteiger partial charge on any atom is 0.317 e. The molecule has 1 N–H and O–H groups in total. The summed E-state index contributed by atoms with van der Waals surface area (Å²) in [7, 11) is 0. The van der Waals surface area contributed by atoms with Gasteiger partial charge in [0, 0.05) is 55.0 Å². The first-order valence-electron chi connectivity index (χ1n) is 9.06. The van der Waals surface area contributed by atoms with Crippen molar-refractivity contribution in [3.8, 4) is 0 Å². The molecule has 27 heavy (non-hydrogen) atoms. The lowest BCUT2D eigenvalue weighted by molar-refractivity contribution is 0.194. The molecule has 2 amide bonds. The van der Waals surface area contributed by atoms with Crippen molar-refractivity contribution in [2.75, 3.05) is 31.1 Å². The second-order valence-electron chi connectivity index (χ2n) is 6.61. The van der Waals surface area contributed by atoms with Gasteiger partial charge in [-0.15, -0.1) is 0 Å². The van der Waals surface area contributed by atoms with Crippen LogP contribution in [0, 0.1) is 0 Å². The number of nitrogens with zero attached hydrogens (tertiary/aromatic N) is 3. The van der Waals surface area contributed by atoms with Crippen molar-refractivity contribution in [2.45, 2.75) is 6.54 Å². The molecule has 0 bridgehead atoms. The number of anilines is 1. The van der Waals surface area contributed by atoms with E-state index in [2.05, 4.69) is 15.2 Å². The lowest BCUT2D eigenvalue weighted by Gasteiger charge is -2.36. The average molecular weight is 381 g/mol. The monoisotopic (exact) mass is 380 g/mol. The molecule has 1 aliphatic rings. The zero-order chi connectivity index (χ0) is 18.6. The maximum atomic E-state index is 12.4. The second kappa shape index (κ2) is 7.84. The number of hydrogen-bond donors (Lipinski definition) is 1. The maximum absolute atomic E-state index is 12.4. The van der Waals surface area contributed by atoms with Gasteiger partial charge in [-0.3, -0.25) is 4.98 Å². The number of aromatic nitrogens is 1. The zero-order valence-corrected chi connectivity index (χ0v) is 15.7. The Labute approximate surface area is 163 Å². The van der Waals surface area contributed by atoms with Crippen LogP contribution in [0.4, 0.5) is 10.5 Å². The number of hydrogen-bond acceptors (Lipinski definition) is 3. The third-order valence-electron chi connectivity index (χ3n) is 4.88. The van der Waals surface area contributed by atoms with Crippen molar-refractivity contribution in [2.24, 2.45) is 0 Å². The second-order valence-corrected chi connectivity index (χ2v) is 7.05. The van der Waals surface area contributed by atoms with Crippen LogP contribution in [0.15, 0.2) is 60.8 Å². The summed E-state index contributed by atoms with van der Waals surface area (Å²) in [5.74, 6) is 0. The van der Waals surface area contributed by atoms with Crippen molar-refractivity contribution in [1.29, 1.82) is 0 Å². The molecule has 138 valence electrons. The molecule has 5 nitrogen and oxygen atoms in total. The fourth-order valence-electron chi connectivity index (χ4n) is 3.42. The summed E-state index contributed by atoms with van der Waals surface area (Å²) in [6, 6.07) is 17.8. The number of pyridine rings is 1. The minimum atomic E-state index is -0.00938. The van der Waals surface area contributed by atoms with Gasteiger partial charge < -0.3 is 15.1 Å². The van der Waals surface area contributed by atoms with Gasteiger partial charge in [0.05, 0.1) is 5.52 Å². The van der Waals surface area contributed by atoms with Crippen LogP contribution in [0.25, 0.3) is 10.9 Å². The summed E-state index contributed by atoms with van der Waals surface area (Å²) < 4.78 is 0. The first-order valence-corrected chi connectivity index (χ1v) is 9.44. The Hall–Kier alpha value is -2.79. The summed E-state index contributed by atoms with van der Waals surface area (Å²) in [6.07, 6.45) is 1.81. The SMILES string of the molecule is O=C(NCc1ccccc1)N1CCN(c2ccnc3cc(Cl)ccc23)CC1. The van der Waals surface area contributed by atoms with Gasteiger partial charge in [-0.1, -0.05) is 41.9 Å². The predicted molar refractivity (Wildman–Crippen MR) is 109 cm³/mol. The van der Waals surface area contributed by atoms with Gasteiger partial charge >= 0.3 is 6.03 Å². The molecule has 1 fully saturated rings. The number of nitrogens with one attached hydrogen (secondary N) is 1. The van der Waals surface area contributed by atoms with Crippen LogP contribution in [0.1, 0.15) is 5.56 Å². The van der Waals surface area contributed by atoms with E-state index in [-0.39, 0.29) is 6.03 Å². The molecule has 2 aromatic carbocycles. The Bertz CT molecular complexity index is 939. The molecule has 0 spiro atoms. The van der Waals surface area contributed by atoms with Crippen molar-refractivity contribution in [3.63, 3.8) is 0 Å². The summed E-state index contributed by atoms with van der Waals surface area (Å²) >= 11 is 6.08. The Kier molecular flexibility index (Phi) is 5.12. The van der Waals surface area contributed by atoms with Crippen LogP contribution >= 0.6 is 11.6 Å². The van der Waals surface area contributed by atoms with Gasteiger partial charge in [-0.25, -0.2) is 4.79 Å². The molecule has 1 saturated heterocycles. The van der Waals surface area contributed by atoms with Gasteiger partial charge in [-0.05, 0) is 29.8 Å². The molecular weight excluding hydrogens is 360 g/mol. The first-order chi connectivity index (χ1) is 13.2. The number of halogens is 1. The average Bonchev–Trinajstić information content (AvgIpc) is 2.72. The quantitative estimate of drug-likeness (QED) is 0.749. The van der Waals surface area contributed by atoms with Gasteiger partial charge in [0.2, 0.25) is 0 Å². The van der Waals surface area contributed by atoms with E-state index in [9.17, 15) is 4.79 Å². The minimum Gasteiger partial charge on any atom is -0.367 e. The van der Waals surface area contributed by atoms with E-state index < -0.39 is 0 Å². The van der Waals surface area contributed by atoms with Crippen LogP contribution in [-0.2, 0) is 6.54 Å². The summed E-state index contributed by atoms with van der Waals surface area (Å²) in [6.45, 7) is 3.52. The molecule has 1 aromatic heterocycles. The minimum absolute atomic E-state index is 0.00938. The molecule has 0 saturated carbocycles. The molecule has 0 aliphatic carbocycles. The van der Waals surface area contributed by atoms with Crippen LogP contribution in [0.5, 0.6) is 0 Å².